The van der Waals surface area contributed by atoms with E-state index in [1.807, 2.05) is 6.26 Å². The molecule has 0 atom stereocenters. The highest BCUT2D eigenvalue weighted by Crippen LogP contribution is 2.18. The molecule has 88 valence electrons. The van der Waals surface area contributed by atoms with E-state index in [0.717, 1.165) is 0 Å². The van der Waals surface area contributed by atoms with Crippen molar-refractivity contribution in [3.8, 4) is 0 Å². The highest BCUT2D eigenvalue weighted by Gasteiger charge is 2.09. The van der Waals surface area contributed by atoms with Crippen LogP contribution in [0.4, 0.5) is 11.6 Å². The van der Waals surface area contributed by atoms with Gasteiger partial charge in [0.1, 0.15) is 11.6 Å². The van der Waals surface area contributed by atoms with Crippen molar-refractivity contribution in [3.63, 3.8) is 0 Å². The zero-order chi connectivity index (χ0) is 12.1. The maximum absolute atomic E-state index is 10.8. The number of carbonyl (C=O) groups is 1. The minimum atomic E-state index is -0.422. The third kappa shape index (κ3) is 3.24. The maximum atomic E-state index is 10.8. The van der Waals surface area contributed by atoms with E-state index >= 15 is 0 Å². The zero-order valence-corrected chi connectivity index (χ0v) is 9.91. The van der Waals surface area contributed by atoms with Crippen LogP contribution in [0.3, 0.4) is 0 Å². The van der Waals surface area contributed by atoms with Gasteiger partial charge in [0.05, 0.1) is 6.54 Å². The van der Waals surface area contributed by atoms with E-state index in [1.54, 1.807) is 18.0 Å². The summed E-state index contributed by atoms with van der Waals surface area (Å²) in [5, 5.41) is 0.571. The number of nitrogens with zero attached hydrogens (tertiary/aromatic N) is 3. The first-order valence-corrected chi connectivity index (χ1v) is 5.68. The van der Waals surface area contributed by atoms with Gasteiger partial charge in [-0.15, -0.1) is 0 Å². The second-order valence-corrected chi connectivity index (χ2v) is 3.84. The van der Waals surface area contributed by atoms with Gasteiger partial charge in [-0.05, 0) is 6.26 Å². The molecule has 1 amide bonds. The maximum Gasteiger partial charge on any atom is 0.236 e. The number of carbonyl (C=O) groups excluding carboxylic acids is 1. The summed E-state index contributed by atoms with van der Waals surface area (Å²) in [6.07, 6.45) is 1.85. The molecule has 1 heterocycles. The van der Waals surface area contributed by atoms with Gasteiger partial charge >= 0.3 is 0 Å². The van der Waals surface area contributed by atoms with Crippen LogP contribution in [-0.4, -0.2) is 35.7 Å². The molecule has 0 fully saturated rings. The average Bonchev–Trinajstić information content (AvgIpc) is 2.27. The molecule has 1 rings (SSSR count). The van der Waals surface area contributed by atoms with Crippen molar-refractivity contribution in [1.82, 2.24) is 9.97 Å². The van der Waals surface area contributed by atoms with E-state index in [9.17, 15) is 4.79 Å². The summed E-state index contributed by atoms with van der Waals surface area (Å²) < 4.78 is 0. The lowest BCUT2D eigenvalue weighted by molar-refractivity contribution is -0.116. The molecule has 0 aliphatic heterocycles. The van der Waals surface area contributed by atoms with Gasteiger partial charge in [-0.25, -0.2) is 15.8 Å². The number of amides is 1. The van der Waals surface area contributed by atoms with Crippen LogP contribution in [-0.2, 0) is 4.79 Å². The molecular weight excluding hydrogens is 228 g/mol. The van der Waals surface area contributed by atoms with Crippen LogP contribution in [0.1, 0.15) is 0 Å². The second kappa shape index (κ2) is 5.52. The Kier molecular flexibility index (Phi) is 4.32. The number of hydrogen-bond acceptors (Lipinski definition) is 7. The summed E-state index contributed by atoms with van der Waals surface area (Å²) in [5.41, 5.74) is 7.55. The highest BCUT2D eigenvalue weighted by atomic mass is 32.2. The van der Waals surface area contributed by atoms with E-state index in [1.165, 1.54) is 11.8 Å². The molecule has 16 heavy (non-hydrogen) atoms. The number of rotatable bonds is 5. The Bertz CT molecular complexity index is 363. The van der Waals surface area contributed by atoms with Crippen LogP contribution in [0.15, 0.2) is 11.2 Å². The Morgan fingerprint density at radius 2 is 2.31 bits per heavy atom. The monoisotopic (exact) mass is 242 g/mol. The fourth-order valence-corrected chi connectivity index (χ4v) is 1.46. The number of nitrogens with one attached hydrogen (secondary N) is 1. The quantitative estimate of drug-likeness (QED) is 0.274. The van der Waals surface area contributed by atoms with Gasteiger partial charge in [0.2, 0.25) is 5.91 Å². The number of hydrogen-bond donors (Lipinski definition) is 3. The van der Waals surface area contributed by atoms with Gasteiger partial charge in [-0.2, -0.15) is 0 Å². The average molecular weight is 242 g/mol. The molecule has 1 aromatic heterocycles. The van der Waals surface area contributed by atoms with Crippen LogP contribution in [0.2, 0.25) is 0 Å². The van der Waals surface area contributed by atoms with Crippen LogP contribution >= 0.6 is 11.8 Å². The minimum absolute atomic E-state index is 0.0921. The predicted octanol–water partition coefficient (Wildman–Crippen LogP) is -0.594. The van der Waals surface area contributed by atoms with Crippen molar-refractivity contribution in [1.29, 1.82) is 0 Å². The largest absolute Gasteiger partial charge is 0.368 e. The van der Waals surface area contributed by atoms with Crippen LogP contribution in [0.25, 0.3) is 0 Å². The molecule has 0 unspecified atom stereocenters. The lowest BCUT2D eigenvalue weighted by atomic mass is 10.4. The number of likely N-dealkylation sites (N-methyl/N-ethyl adjacent to an activating group) is 1. The van der Waals surface area contributed by atoms with E-state index < -0.39 is 5.91 Å². The van der Waals surface area contributed by atoms with Crippen LogP contribution in [0.5, 0.6) is 0 Å². The second-order valence-electron chi connectivity index (χ2n) is 3.06. The molecule has 0 radical (unpaired) electrons. The first-order valence-electron chi connectivity index (χ1n) is 4.46. The molecule has 0 aliphatic rings. The normalized spacial score (nSPS) is 9.94. The topological polar surface area (TPSA) is 110 Å². The minimum Gasteiger partial charge on any atom is -0.368 e. The fraction of sp³-hybridized carbons (Fsp3) is 0.375. The first kappa shape index (κ1) is 12.5. The number of primary amides is 1. The third-order valence-corrected chi connectivity index (χ3v) is 2.35. The van der Waals surface area contributed by atoms with Crippen molar-refractivity contribution in [3.05, 3.63) is 6.07 Å². The van der Waals surface area contributed by atoms with Crippen molar-refractivity contribution < 1.29 is 4.79 Å². The number of thioether (sulfide) groups is 1. The molecule has 8 heteroatoms. The molecule has 0 aromatic carbocycles. The summed E-state index contributed by atoms with van der Waals surface area (Å²) in [6.45, 7) is 0.0921. The van der Waals surface area contributed by atoms with Gasteiger partial charge < -0.3 is 16.1 Å². The standard InChI is InChI=1S/C8H14N6OS/c1-14(4-5(9)15)7-3-6(13-10)11-8(12-7)16-2/h3H,4,10H2,1-2H3,(H2,9,15)(H,11,12,13). The third-order valence-electron chi connectivity index (χ3n) is 1.81. The Labute approximate surface area is 97.6 Å². The van der Waals surface area contributed by atoms with Crippen molar-refractivity contribution in [2.75, 3.05) is 30.2 Å². The molecule has 1 aromatic rings. The molecular formula is C8H14N6OS. The number of anilines is 2. The van der Waals surface area contributed by atoms with Gasteiger partial charge in [0.25, 0.3) is 0 Å². The van der Waals surface area contributed by atoms with E-state index in [2.05, 4.69) is 15.4 Å². The number of hydrazine groups is 1. The number of aromatic nitrogens is 2. The molecule has 0 saturated heterocycles. The lowest BCUT2D eigenvalue weighted by Crippen LogP contribution is -2.31. The van der Waals surface area contributed by atoms with Gasteiger partial charge in [-0.1, -0.05) is 11.8 Å². The van der Waals surface area contributed by atoms with Crippen molar-refractivity contribution >= 4 is 29.3 Å². The van der Waals surface area contributed by atoms with Crippen molar-refractivity contribution in [2.45, 2.75) is 5.16 Å². The summed E-state index contributed by atoms with van der Waals surface area (Å²) in [7, 11) is 1.72. The predicted molar refractivity (Wildman–Crippen MR) is 64.1 cm³/mol. The summed E-state index contributed by atoms with van der Waals surface area (Å²) in [5.74, 6) is 5.94. The highest BCUT2D eigenvalue weighted by molar-refractivity contribution is 7.98. The number of nitrogens with two attached hydrogens (primary N) is 2. The smallest absolute Gasteiger partial charge is 0.236 e. The molecule has 5 N–H and O–H groups in total. The van der Waals surface area contributed by atoms with E-state index in [-0.39, 0.29) is 6.54 Å². The Hall–Kier alpha value is -1.54. The lowest BCUT2D eigenvalue weighted by Gasteiger charge is -2.17. The van der Waals surface area contributed by atoms with Gasteiger partial charge in [0, 0.05) is 13.1 Å². The van der Waals surface area contributed by atoms with Crippen LogP contribution in [0, 0.1) is 0 Å². The molecule has 0 bridgehead atoms. The van der Waals surface area contributed by atoms with E-state index in [4.69, 9.17) is 11.6 Å². The van der Waals surface area contributed by atoms with Crippen molar-refractivity contribution in [2.24, 2.45) is 11.6 Å². The molecule has 0 spiro atoms. The zero-order valence-electron chi connectivity index (χ0n) is 9.10. The Morgan fingerprint density at radius 3 is 2.81 bits per heavy atom. The fourth-order valence-electron chi connectivity index (χ4n) is 1.09. The molecule has 0 saturated carbocycles. The van der Waals surface area contributed by atoms with Gasteiger partial charge in [0.15, 0.2) is 5.16 Å². The number of nitrogen functional groups attached to an aromatic ring is 1. The molecule has 7 nitrogen and oxygen atoms in total. The Morgan fingerprint density at radius 1 is 1.62 bits per heavy atom. The summed E-state index contributed by atoms with van der Waals surface area (Å²) >= 11 is 1.39. The summed E-state index contributed by atoms with van der Waals surface area (Å²) in [4.78, 5) is 20.7. The Balaban J connectivity index is 2.97. The first-order chi connectivity index (χ1) is 7.56. The van der Waals surface area contributed by atoms with Crippen LogP contribution < -0.4 is 21.9 Å². The summed E-state index contributed by atoms with van der Waals surface area (Å²) in [6, 6.07) is 1.64. The SMILES string of the molecule is CSc1nc(NN)cc(N(C)CC(N)=O)n1. The van der Waals surface area contributed by atoms with Gasteiger partial charge in [-0.3, -0.25) is 4.79 Å². The molecule has 0 aliphatic carbocycles. The van der Waals surface area contributed by atoms with E-state index in [0.29, 0.717) is 16.8 Å².